The average Bonchev–Trinajstić information content (AvgIpc) is 2.45. The van der Waals surface area contributed by atoms with Crippen LogP contribution in [0.25, 0.3) is 0 Å². The molecule has 0 unspecified atom stereocenters. The first-order valence-electron chi connectivity index (χ1n) is 7.01. The maximum atomic E-state index is 11.9. The first kappa shape index (κ1) is 18.2. The highest BCUT2D eigenvalue weighted by Crippen LogP contribution is 2.27. The van der Waals surface area contributed by atoms with Gasteiger partial charge in [0.2, 0.25) is 0 Å². The van der Waals surface area contributed by atoms with Gasteiger partial charge in [-0.1, -0.05) is 24.1 Å². The number of nitrogens with one attached hydrogen (secondary N) is 1. The Balaban J connectivity index is 3.12. The van der Waals surface area contributed by atoms with Crippen molar-refractivity contribution in [2.75, 3.05) is 0 Å². The number of nitro benzene ring substituents is 1. The Labute approximate surface area is 134 Å². The van der Waals surface area contributed by atoms with E-state index in [4.69, 9.17) is 4.74 Å². The van der Waals surface area contributed by atoms with Crippen LogP contribution in [0.1, 0.15) is 38.8 Å². The first-order chi connectivity index (χ1) is 10.8. The van der Waals surface area contributed by atoms with Gasteiger partial charge in [-0.2, -0.15) is 0 Å². The fourth-order valence-corrected chi connectivity index (χ4v) is 1.97. The van der Waals surface area contributed by atoms with E-state index in [0.717, 1.165) is 0 Å². The van der Waals surface area contributed by atoms with E-state index in [1.54, 1.807) is 19.9 Å². The molecule has 0 aliphatic heterocycles. The molecular weight excluding hydrogens is 300 g/mol. The lowest BCUT2D eigenvalue weighted by Gasteiger charge is -2.18. The zero-order valence-corrected chi connectivity index (χ0v) is 13.2. The van der Waals surface area contributed by atoms with Gasteiger partial charge in [-0.25, -0.2) is 0 Å². The lowest BCUT2D eigenvalue weighted by atomic mass is 10.0. The van der Waals surface area contributed by atoms with Crippen molar-refractivity contribution in [2.24, 2.45) is 0 Å². The summed E-state index contributed by atoms with van der Waals surface area (Å²) in [7, 11) is 0. The largest absolute Gasteiger partial charge is 0.463 e. The SMILES string of the molecule is CC#CC(=O)N[C@@H](CC(=O)OC(C)C)c1ccccc1[N+](=O)[O-]. The number of nitro groups is 1. The summed E-state index contributed by atoms with van der Waals surface area (Å²) < 4.78 is 5.05. The molecule has 0 aromatic heterocycles. The molecule has 0 spiro atoms. The number of esters is 1. The van der Waals surface area contributed by atoms with Crippen LogP contribution in [0.3, 0.4) is 0 Å². The predicted molar refractivity (Wildman–Crippen MR) is 83.3 cm³/mol. The molecule has 0 radical (unpaired) electrons. The molecule has 1 amide bonds. The zero-order chi connectivity index (χ0) is 17.4. The third-order valence-electron chi connectivity index (χ3n) is 2.79. The smallest absolute Gasteiger partial charge is 0.308 e. The van der Waals surface area contributed by atoms with E-state index in [1.807, 2.05) is 0 Å². The Morgan fingerprint density at radius 2 is 2.00 bits per heavy atom. The maximum absolute atomic E-state index is 11.9. The van der Waals surface area contributed by atoms with Crippen LogP contribution in [-0.2, 0) is 14.3 Å². The summed E-state index contributed by atoms with van der Waals surface area (Å²) in [5.74, 6) is 3.54. The highest BCUT2D eigenvalue weighted by molar-refractivity contribution is 5.94. The molecule has 0 fully saturated rings. The fraction of sp³-hybridized carbons (Fsp3) is 0.375. The molecule has 1 rings (SSSR count). The van der Waals surface area contributed by atoms with Crippen LogP contribution in [0.2, 0.25) is 0 Å². The second-order valence-electron chi connectivity index (χ2n) is 4.96. The minimum absolute atomic E-state index is 0.181. The molecule has 0 bridgehead atoms. The molecular formula is C16H18N2O5. The number of benzene rings is 1. The van der Waals surface area contributed by atoms with Crippen molar-refractivity contribution < 1.29 is 19.2 Å². The molecule has 1 aromatic carbocycles. The summed E-state index contributed by atoms with van der Waals surface area (Å²) in [6.45, 7) is 4.88. The summed E-state index contributed by atoms with van der Waals surface area (Å²) in [4.78, 5) is 34.2. The first-order valence-corrected chi connectivity index (χ1v) is 7.01. The molecule has 1 atom stereocenters. The number of rotatable bonds is 6. The van der Waals surface area contributed by atoms with Gasteiger partial charge >= 0.3 is 5.97 Å². The molecule has 7 heteroatoms. The van der Waals surface area contributed by atoms with Crippen molar-refractivity contribution in [3.8, 4) is 11.8 Å². The van der Waals surface area contributed by atoms with Crippen molar-refractivity contribution in [3.63, 3.8) is 0 Å². The van der Waals surface area contributed by atoms with E-state index in [9.17, 15) is 19.7 Å². The highest BCUT2D eigenvalue weighted by Gasteiger charge is 2.26. The van der Waals surface area contributed by atoms with Crippen molar-refractivity contribution in [1.82, 2.24) is 5.32 Å². The van der Waals surface area contributed by atoms with Crippen molar-refractivity contribution >= 4 is 17.6 Å². The van der Waals surface area contributed by atoms with Crippen LogP contribution < -0.4 is 5.32 Å². The summed E-state index contributed by atoms with van der Waals surface area (Å²) in [5, 5.41) is 13.7. The topological polar surface area (TPSA) is 98.5 Å². The van der Waals surface area contributed by atoms with Crippen molar-refractivity contribution in [2.45, 2.75) is 39.3 Å². The summed E-state index contributed by atoms with van der Waals surface area (Å²) >= 11 is 0. The van der Waals surface area contributed by atoms with Crippen LogP contribution in [0.5, 0.6) is 0 Å². The summed E-state index contributed by atoms with van der Waals surface area (Å²) in [5.41, 5.74) is 0.0454. The van der Waals surface area contributed by atoms with Crippen LogP contribution in [0.15, 0.2) is 24.3 Å². The van der Waals surface area contributed by atoms with E-state index in [0.29, 0.717) is 0 Å². The lowest BCUT2D eigenvalue weighted by molar-refractivity contribution is -0.385. The van der Waals surface area contributed by atoms with Gasteiger partial charge in [-0.05, 0) is 26.7 Å². The van der Waals surface area contributed by atoms with Crippen molar-refractivity contribution in [1.29, 1.82) is 0 Å². The second-order valence-corrected chi connectivity index (χ2v) is 4.96. The Morgan fingerprint density at radius 3 is 2.57 bits per heavy atom. The number of hydrogen-bond acceptors (Lipinski definition) is 5. The molecule has 0 heterocycles. The Bertz CT molecular complexity index is 658. The molecule has 1 aromatic rings. The fourth-order valence-electron chi connectivity index (χ4n) is 1.97. The molecule has 23 heavy (non-hydrogen) atoms. The number of carbonyl (C=O) groups is 2. The van der Waals surface area contributed by atoms with Gasteiger partial charge in [-0.3, -0.25) is 19.7 Å². The van der Waals surface area contributed by atoms with Gasteiger partial charge in [0.1, 0.15) is 0 Å². The monoisotopic (exact) mass is 318 g/mol. The lowest BCUT2D eigenvalue weighted by Crippen LogP contribution is -2.30. The van der Waals surface area contributed by atoms with Gasteiger partial charge in [-0.15, -0.1) is 0 Å². The molecule has 122 valence electrons. The Morgan fingerprint density at radius 1 is 1.35 bits per heavy atom. The van der Waals surface area contributed by atoms with Gasteiger partial charge < -0.3 is 10.1 Å². The summed E-state index contributed by atoms with van der Waals surface area (Å²) in [6.07, 6.45) is -0.541. The number of hydrogen-bond donors (Lipinski definition) is 1. The van der Waals surface area contributed by atoms with Gasteiger partial charge in [0.25, 0.3) is 11.6 Å². The Hall–Kier alpha value is -2.88. The quantitative estimate of drug-likeness (QED) is 0.375. The number of nitrogens with zero attached hydrogens (tertiary/aromatic N) is 1. The van der Waals surface area contributed by atoms with Gasteiger partial charge in [0.15, 0.2) is 0 Å². The van der Waals surface area contributed by atoms with E-state index in [-0.39, 0.29) is 23.8 Å². The molecule has 0 saturated heterocycles. The van der Waals surface area contributed by atoms with Crippen molar-refractivity contribution in [3.05, 3.63) is 39.9 Å². The third kappa shape index (κ3) is 5.79. The number of para-hydroxylation sites is 1. The van der Waals surface area contributed by atoms with Gasteiger partial charge in [0, 0.05) is 6.07 Å². The normalized spacial score (nSPS) is 11.1. The van der Waals surface area contributed by atoms with Crippen LogP contribution in [0.4, 0.5) is 5.69 Å². The second kappa shape index (κ2) is 8.54. The number of amides is 1. The molecule has 0 saturated carbocycles. The molecule has 0 aliphatic carbocycles. The summed E-state index contributed by atoms with van der Waals surface area (Å²) in [6, 6.07) is 5.02. The highest BCUT2D eigenvalue weighted by atomic mass is 16.6. The van der Waals surface area contributed by atoms with Crippen LogP contribution in [-0.4, -0.2) is 22.9 Å². The third-order valence-corrected chi connectivity index (χ3v) is 2.79. The van der Waals surface area contributed by atoms with E-state index < -0.39 is 22.8 Å². The standard InChI is InChI=1S/C16H18N2O5/c1-4-7-15(19)17-13(10-16(20)23-11(2)3)12-8-5-6-9-14(12)18(21)22/h5-6,8-9,11,13H,10H2,1-3H3,(H,17,19)/t13-/m0/s1. The molecule has 7 nitrogen and oxygen atoms in total. The zero-order valence-electron chi connectivity index (χ0n) is 13.2. The van der Waals surface area contributed by atoms with Gasteiger partial charge in [0.05, 0.1) is 29.1 Å². The average molecular weight is 318 g/mol. The minimum Gasteiger partial charge on any atom is -0.463 e. The van der Waals surface area contributed by atoms with Crippen LogP contribution in [0, 0.1) is 22.0 Å². The van der Waals surface area contributed by atoms with E-state index in [1.165, 1.54) is 25.1 Å². The Kier molecular flexibility index (Phi) is 6.74. The molecule has 1 N–H and O–H groups in total. The molecule has 0 aliphatic rings. The van der Waals surface area contributed by atoms with E-state index in [2.05, 4.69) is 17.2 Å². The van der Waals surface area contributed by atoms with Crippen LogP contribution >= 0.6 is 0 Å². The predicted octanol–water partition coefficient (Wildman–Crippen LogP) is 2.12. The minimum atomic E-state index is -0.892. The number of carbonyl (C=O) groups excluding carboxylic acids is 2. The number of ether oxygens (including phenoxy) is 1. The van der Waals surface area contributed by atoms with E-state index >= 15 is 0 Å². The maximum Gasteiger partial charge on any atom is 0.308 e.